The predicted molar refractivity (Wildman–Crippen MR) is 76.1 cm³/mol. The summed E-state index contributed by atoms with van der Waals surface area (Å²) in [6.07, 6.45) is 0.348. The Hall–Kier alpha value is -2.96. The van der Waals surface area contributed by atoms with Crippen LogP contribution < -0.4 is 5.73 Å². The first-order chi connectivity index (χ1) is 10.4. The quantitative estimate of drug-likeness (QED) is 0.484. The molecule has 0 radical (unpaired) electrons. The van der Waals surface area contributed by atoms with Gasteiger partial charge >= 0.3 is 5.97 Å². The SMILES string of the molecule is C=CCN1C(=O)c2ccc(C(=O)OC(C)C(N)=O)cc2C1=O. The zero-order valence-electron chi connectivity index (χ0n) is 11.9. The molecular formula is C15H14N2O5. The minimum absolute atomic E-state index is 0.0634. The number of amides is 3. The van der Waals surface area contributed by atoms with Gasteiger partial charge in [-0.15, -0.1) is 6.58 Å². The number of imide groups is 1. The van der Waals surface area contributed by atoms with E-state index in [9.17, 15) is 19.2 Å². The minimum atomic E-state index is -1.09. The molecule has 1 heterocycles. The van der Waals surface area contributed by atoms with E-state index in [0.29, 0.717) is 0 Å². The van der Waals surface area contributed by atoms with Crippen molar-refractivity contribution >= 4 is 23.7 Å². The van der Waals surface area contributed by atoms with E-state index < -0.39 is 29.8 Å². The highest BCUT2D eigenvalue weighted by Crippen LogP contribution is 2.24. The van der Waals surface area contributed by atoms with E-state index in [-0.39, 0.29) is 23.2 Å². The molecule has 22 heavy (non-hydrogen) atoms. The van der Waals surface area contributed by atoms with E-state index in [2.05, 4.69) is 6.58 Å². The lowest BCUT2D eigenvalue weighted by molar-refractivity contribution is -0.125. The number of fused-ring (bicyclic) bond motifs is 1. The normalized spacial score (nSPS) is 14.5. The number of benzene rings is 1. The molecule has 0 bridgehead atoms. The highest BCUT2D eigenvalue weighted by Gasteiger charge is 2.35. The van der Waals surface area contributed by atoms with Gasteiger partial charge in [-0.05, 0) is 25.1 Å². The van der Waals surface area contributed by atoms with Gasteiger partial charge in [0.05, 0.1) is 16.7 Å². The van der Waals surface area contributed by atoms with Crippen LogP contribution in [-0.2, 0) is 9.53 Å². The van der Waals surface area contributed by atoms with Gasteiger partial charge in [-0.2, -0.15) is 0 Å². The molecule has 7 heteroatoms. The zero-order chi connectivity index (χ0) is 16.4. The molecule has 0 saturated heterocycles. The molecule has 0 fully saturated rings. The Bertz CT molecular complexity index is 695. The van der Waals surface area contributed by atoms with Gasteiger partial charge < -0.3 is 10.5 Å². The summed E-state index contributed by atoms with van der Waals surface area (Å²) in [5, 5.41) is 0. The molecular weight excluding hydrogens is 288 g/mol. The third kappa shape index (κ3) is 2.60. The molecule has 1 unspecified atom stereocenters. The van der Waals surface area contributed by atoms with Crippen molar-refractivity contribution < 1.29 is 23.9 Å². The Labute approximate surface area is 126 Å². The van der Waals surface area contributed by atoms with E-state index in [1.165, 1.54) is 31.2 Å². The molecule has 7 nitrogen and oxygen atoms in total. The summed E-state index contributed by atoms with van der Waals surface area (Å²) >= 11 is 0. The zero-order valence-corrected chi connectivity index (χ0v) is 11.9. The summed E-state index contributed by atoms with van der Waals surface area (Å²) in [6, 6.07) is 4.01. The summed E-state index contributed by atoms with van der Waals surface area (Å²) in [4.78, 5) is 48.0. The lowest BCUT2D eigenvalue weighted by Gasteiger charge is -2.10. The number of primary amides is 1. The fourth-order valence-electron chi connectivity index (χ4n) is 2.00. The van der Waals surface area contributed by atoms with Crippen molar-refractivity contribution in [2.24, 2.45) is 5.73 Å². The number of esters is 1. The summed E-state index contributed by atoms with van der Waals surface area (Å²) in [5.41, 5.74) is 5.41. The molecule has 1 aliphatic heterocycles. The van der Waals surface area contributed by atoms with Crippen molar-refractivity contribution in [2.45, 2.75) is 13.0 Å². The number of carbonyl (C=O) groups is 4. The monoisotopic (exact) mass is 302 g/mol. The third-order valence-electron chi connectivity index (χ3n) is 3.20. The Morgan fingerprint density at radius 3 is 2.55 bits per heavy atom. The second-order valence-electron chi connectivity index (χ2n) is 4.72. The maximum atomic E-state index is 12.1. The molecule has 1 atom stereocenters. The third-order valence-corrected chi connectivity index (χ3v) is 3.20. The van der Waals surface area contributed by atoms with Gasteiger partial charge in [0.2, 0.25) is 0 Å². The molecule has 0 aliphatic carbocycles. The lowest BCUT2D eigenvalue weighted by Crippen LogP contribution is -2.30. The molecule has 1 aromatic carbocycles. The first-order valence-corrected chi connectivity index (χ1v) is 6.48. The van der Waals surface area contributed by atoms with Crippen molar-refractivity contribution in [3.05, 3.63) is 47.5 Å². The molecule has 0 aromatic heterocycles. The van der Waals surface area contributed by atoms with Crippen molar-refractivity contribution in [3.8, 4) is 0 Å². The Morgan fingerprint density at radius 1 is 1.32 bits per heavy atom. The predicted octanol–water partition coefficient (Wildman–Crippen LogP) is 0.499. The molecule has 1 aromatic rings. The van der Waals surface area contributed by atoms with Crippen molar-refractivity contribution in [3.63, 3.8) is 0 Å². The summed E-state index contributed by atoms with van der Waals surface area (Å²) in [7, 11) is 0. The summed E-state index contributed by atoms with van der Waals surface area (Å²) in [5.74, 6) is -2.52. The van der Waals surface area contributed by atoms with Gasteiger partial charge in [-0.1, -0.05) is 6.08 Å². The first-order valence-electron chi connectivity index (χ1n) is 6.48. The van der Waals surface area contributed by atoms with Crippen LogP contribution >= 0.6 is 0 Å². The number of carbonyl (C=O) groups excluding carboxylic acids is 4. The maximum Gasteiger partial charge on any atom is 0.338 e. The Morgan fingerprint density at radius 2 is 1.95 bits per heavy atom. The van der Waals surface area contributed by atoms with E-state index in [0.717, 1.165) is 4.90 Å². The number of rotatable bonds is 5. The smallest absolute Gasteiger partial charge is 0.338 e. The van der Waals surface area contributed by atoms with Crippen molar-refractivity contribution in [1.29, 1.82) is 0 Å². The Kier molecular flexibility index (Phi) is 4.07. The molecule has 0 saturated carbocycles. The highest BCUT2D eigenvalue weighted by molar-refractivity contribution is 6.22. The largest absolute Gasteiger partial charge is 0.449 e. The van der Waals surface area contributed by atoms with Crippen LogP contribution in [0.3, 0.4) is 0 Å². The van der Waals surface area contributed by atoms with Crippen LogP contribution in [0.25, 0.3) is 0 Å². The highest BCUT2D eigenvalue weighted by atomic mass is 16.5. The second kappa shape index (κ2) is 5.80. The topological polar surface area (TPSA) is 107 Å². The Balaban J connectivity index is 2.29. The van der Waals surface area contributed by atoms with Crippen LogP contribution in [0.5, 0.6) is 0 Å². The fourth-order valence-corrected chi connectivity index (χ4v) is 2.00. The van der Waals surface area contributed by atoms with Crippen molar-refractivity contribution in [2.75, 3.05) is 6.54 Å². The van der Waals surface area contributed by atoms with E-state index >= 15 is 0 Å². The van der Waals surface area contributed by atoms with Gasteiger partial charge in [0.1, 0.15) is 0 Å². The number of hydrogen-bond donors (Lipinski definition) is 1. The lowest BCUT2D eigenvalue weighted by atomic mass is 10.1. The average Bonchev–Trinajstić information content (AvgIpc) is 2.72. The van der Waals surface area contributed by atoms with Gasteiger partial charge in [0.15, 0.2) is 6.10 Å². The van der Waals surface area contributed by atoms with Gasteiger partial charge in [-0.25, -0.2) is 4.79 Å². The van der Waals surface area contributed by atoms with Crippen LogP contribution in [0.4, 0.5) is 0 Å². The average molecular weight is 302 g/mol. The minimum Gasteiger partial charge on any atom is -0.449 e. The molecule has 3 amide bonds. The molecule has 2 N–H and O–H groups in total. The standard InChI is InChI=1S/C15H14N2O5/c1-3-6-17-13(19)10-5-4-9(7-11(10)14(17)20)15(21)22-8(2)12(16)18/h3-5,7-8H,1,6H2,2H3,(H2,16,18). The fraction of sp³-hybridized carbons (Fsp3) is 0.200. The van der Waals surface area contributed by atoms with Crippen LogP contribution in [0.1, 0.15) is 38.0 Å². The maximum absolute atomic E-state index is 12.1. The number of hydrogen-bond acceptors (Lipinski definition) is 5. The van der Waals surface area contributed by atoms with Crippen LogP contribution in [0.15, 0.2) is 30.9 Å². The van der Waals surface area contributed by atoms with Crippen molar-refractivity contribution in [1.82, 2.24) is 4.90 Å². The van der Waals surface area contributed by atoms with Gasteiger partial charge in [0, 0.05) is 6.54 Å². The number of ether oxygens (including phenoxy) is 1. The summed E-state index contributed by atoms with van der Waals surface area (Å²) < 4.78 is 4.85. The van der Waals surface area contributed by atoms with Gasteiger partial charge in [0.25, 0.3) is 17.7 Å². The first kappa shape index (κ1) is 15.4. The van der Waals surface area contributed by atoms with E-state index in [1.54, 1.807) is 0 Å². The summed E-state index contributed by atoms with van der Waals surface area (Å²) in [6.45, 7) is 4.92. The van der Waals surface area contributed by atoms with Gasteiger partial charge in [-0.3, -0.25) is 19.3 Å². The molecule has 1 aliphatic rings. The van der Waals surface area contributed by atoms with Crippen LogP contribution in [0, 0.1) is 0 Å². The number of nitrogens with two attached hydrogens (primary N) is 1. The van der Waals surface area contributed by atoms with E-state index in [4.69, 9.17) is 10.5 Å². The second-order valence-corrected chi connectivity index (χ2v) is 4.72. The molecule has 114 valence electrons. The molecule has 2 rings (SSSR count). The van der Waals surface area contributed by atoms with E-state index in [1.807, 2.05) is 0 Å². The molecule has 0 spiro atoms. The number of nitrogens with zero attached hydrogens (tertiary/aromatic N) is 1. The van der Waals surface area contributed by atoms with Crippen LogP contribution in [-0.4, -0.2) is 41.2 Å². The van der Waals surface area contributed by atoms with Crippen LogP contribution in [0.2, 0.25) is 0 Å².